The lowest BCUT2D eigenvalue weighted by Gasteiger charge is -2.29. The zero-order valence-corrected chi connectivity index (χ0v) is 10.4. The Labute approximate surface area is 99.1 Å². The van der Waals surface area contributed by atoms with Crippen LogP contribution in [0.3, 0.4) is 0 Å². The van der Waals surface area contributed by atoms with Crippen molar-refractivity contribution in [2.75, 3.05) is 0 Å². The van der Waals surface area contributed by atoms with E-state index < -0.39 is 0 Å². The molecule has 0 aromatic heterocycles. The van der Waals surface area contributed by atoms with Gasteiger partial charge in [-0.05, 0) is 37.5 Å². The van der Waals surface area contributed by atoms with Crippen LogP contribution in [-0.4, -0.2) is 5.38 Å². The summed E-state index contributed by atoms with van der Waals surface area (Å²) < 4.78 is 0. The Bertz CT molecular complexity index is 201. The largest absolute Gasteiger partial charge is 0.118 e. The van der Waals surface area contributed by atoms with Crippen LogP contribution in [0.2, 0.25) is 0 Å². The molecule has 1 fully saturated rings. The number of alkyl halides is 1. The third-order valence-corrected chi connectivity index (χ3v) is 4.46. The summed E-state index contributed by atoms with van der Waals surface area (Å²) in [6.07, 6.45) is 17.4. The van der Waals surface area contributed by atoms with E-state index in [1.807, 2.05) is 0 Å². The topological polar surface area (TPSA) is 0 Å². The molecule has 2 unspecified atom stereocenters. The summed E-state index contributed by atoms with van der Waals surface area (Å²) in [5.74, 6) is 1.81. The zero-order chi connectivity index (χ0) is 10.5. The molecule has 0 saturated heterocycles. The Morgan fingerprint density at radius 3 is 2.00 bits per heavy atom. The first-order valence-corrected chi connectivity index (χ1v) is 7.12. The predicted octanol–water partition coefficient (Wildman–Crippen LogP) is 4.92. The highest BCUT2D eigenvalue weighted by molar-refractivity contribution is 6.21. The second-order valence-electron chi connectivity index (χ2n) is 5.25. The average Bonchev–Trinajstić information content (AvgIpc) is 2.19. The second kappa shape index (κ2) is 5.94. The van der Waals surface area contributed by atoms with E-state index in [0.717, 1.165) is 11.8 Å². The van der Waals surface area contributed by atoms with Gasteiger partial charge in [-0.2, -0.15) is 0 Å². The Morgan fingerprint density at radius 2 is 1.40 bits per heavy atom. The highest BCUT2D eigenvalue weighted by Gasteiger charge is 2.23. The molecular weight excluding hydrogens is 204 g/mol. The van der Waals surface area contributed by atoms with Crippen LogP contribution < -0.4 is 0 Å². The van der Waals surface area contributed by atoms with E-state index in [1.54, 1.807) is 0 Å². The molecule has 1 saturated carbocycles. The van der Waals surface area contributed by atoms with Crippen LogP contribution in [0.1, 0.15) is 57.8 Å². The Morgan fingerprint density at radius 1 is 0.733 bits per heavy atom. The SMILES string of the molecule is ClC1C=CC(C2CCCCCCC2)CC1. The fourth-order valence-corrected chi connectivity index (χ4v) is 3.33. The summed E-state index contributed by atoms with van der Waals surface area (Å²) in [5.41, 5.74) is 0. The maximum atomic E-state index is 6.09. The number of hydrogen-bond acceptors (Lipinski definition) is 0. The molecule has 0 amide bonds. The van der Waals surface area contributed by atoms with Crippen LogP contribution in [0.25, 0.3) is 0 Å². The van der Waals surface area contributed by atoms with Gasteiger partial charge in [0.2, 0.25) is 0 Å². The molecule has 0 aromatic rings. The molecule has 0 aliphatic heterocycles. The third kappa shape index (κ3) is 3.52. The molecule has 0 radical (unpaired) electrons. The van der Waals surface area contributed by atoms with E-state index >= 15 is 0 Å². The van der Waals surface area contributed by atoms with Crippen LogP contribution in [-0.2, 0) is 0 Å². The smallest absolute Gasteiger partial charge is 0.0516 e. The summed E-state index contributed by atoms with van der Waals surface area (Å²) in [7, 11) is 0. The van der Waals surface area contributed by atoms with Gasteiger partial charge in [0, 0.05) is 0 Å². The minimum Gasteiger partial charge on any atom is -0.118 e. The number of hydrogen-bond donors (Lipinski definition) is 0. The molecule has 0 nitrogen and oxygen atoms in total. The van der Waals surface area contributed by atoms with Crippen molar-refractivity contribution in [1.82, 2.24) is 0 Å². The monoisotopic (exact) mass is 226 g/mol. The van der Waals surface area contributed by atoms with Gasteiger partial charge in [0.05, 0.1) is 5.38 Å². The maximum Gasteiger partial charge on any atom is 0.0516 e. The summed E-state index contributed by atoms with van der Waals surface area (Å²) in [5, 5.41) is 0.315. The van der Waals surface area contributed by atoms with Crippen LogP contribution in [0.4, 0.5) is 0 Å². The third-order valence-electron chi connectivity index (χ3n) is 4.10. The second-order valence-corrected chi connectivity index (χ2v) is 5.81. The Kier molecular flexibility index (Phi) is 4.56. The van der Waals surface area contributed by atoms with Crippen LogP contribution in [0, 0.1) is 11.8 Å². The normalized spacial score (nSPS) is 34.7. The van der Waals surface area contributed by atoms with Crippen molar-refractivity contribution < 1.29 is 0 Å². The van der Waals surface area contributed by atoms with Gasteiger partial charge in [0.15, 0.2) is 0 Å². The molecule has 0 spiro atoms. The van der Waals surface area contributed by atoms with Gasteiger partial charge >= 0.3 is 0 Å². The lowest BCUT2D eigenvalue weighted by Crippen LogP contribution is -2.18. The van der Waals surface area contributed by atoms with E-state index in [0.29, 0.717) is 5.38 Å². The lowest BCUT2D eigenvalue weighted by atomic mass is 9.77. The molecule has 0 bridgehead atoms. The standard InChI is InChI=1S/C14H23Cl/c15-14-10-8-13(9-11-14)12-6-4-2-1-3-5-7-12/h8,10,12-14H,1-7,9,11H2. The maximum absolute atomic E-state index is 6.09. The quantitative estimate of drug-likeness (QED) is 0.440. The fourth-order valence-electron chi connectivity index (χ4n) is 3.12. The molecule has 1 heteroatoms. The number of halogens is 1. The molecule has 2 atom stereocenters. The van der Waals surface area contributed by atoms with Crippen molar-refractivity contribution in [2.24, 2.45) is 11.8 Å². The Balaban J connectivity index is 1.87. The molecule has 0 aromatic carbocycles. The van der Waals surface area contributed by atoms with Crippen molar-refractivity contribution in [3.8, 4) is 0 Å². The van der Waals surface area contributed by atoms with Crippen molar-refractivity contribution in [3.63, 3.8) is 0 Å². The average molecular weight is 227 g/mol. The molecule has 15 heavy (non-hydrogen) atoms. The molecule has 2 aliphatic rings. The van der Waals surface area contributed by atoms with Gasteiger partial charge in [-0.25, -0.2) is 0 Å². The van der Waals surface area contributed by atoms with Gasteiger partial charge in [0.25, 0.3) is 0 Å². The minimum absolute atomic E-state index is 0.315. The Hall–Kier alpha value is 0.0300. The first kappa shape index (κ1) is 11.5. The van der Waals surface area contributed by atoms with E-state index in [9.17, 15) is 0 Å². The predicted molar refractivity (Wildman–Crippen MR) is 67.3 cm³/mol. The van der Waals surface area contributed by atoms with Crippen LogP contribution in [0.5, 0.6) is 0 Å². The number of rotatable bonds is 1. The van der Waals surface area contributed by atoms with Crippen molar-refractivity contribution in [2.45, 2.75) is 63.2 Å². The highest BCUT2D eigenvalue weighted by Crippen LogP contribution is 2.34. The lowest BCUT2D eigenvalue weighted by molar-refractivity contribution is 0.285. The van der Waals surface area contributed by atoms with Crippen LogP contribution >= 0.6 is 11.6 Å². The van der Waals surface area contributed by atoms with E-state index in [-0.39, 0.29) is 0 Å². The number of allylic oxidation sites excluding steroid dienone is 2. The summed E-state index contributed by atoms with van der Waals surface area (Å²) >= 11 is 6.09. The van der Waals surface area contributed by atoms with Crippen LogP contribution in [0.15, 0.2) is 12.2 Å². The first-order valence-electron chi connectivity index (χ1n) is 6.68. The molecule has 0 N–H and O–H groups in total. The highest BCUT2D eigenvalue weighted by atomic mass is 35.5. The molecule has 0 heterocycles. The zero-order valence-electron chi connectivity index (χ0n) is 9.63. The van der Waals surface area contributed by atoms with Gasteiger partial charge in [-0.1, -0.05) is 44.3 Å². The van der Waals surface area contributed by atoms with E-state index in [4.69, 9.17) is 11.6 Å². The van der Waals surface area contributed by atoms with Gasteiger partial charge in [-0.3, -0.25) is 0 Å². The van der Waals surface area contributed by atoms with Gasteiger partial charge in [-0.15, -0.1) is 11.6 Å². The summed E-state index contributed by atoms with van der Waals surface area (Å²) in [6, 6.07) is 0. The van der Waals surface area contributed by atoms with Gasteiger partial charge in [0.1, 0.15) is 0 Å². The minimum atomic E-state index is 0.315. The van der Waals surface area contributed by atoms with Crippen molar-refractivity contribution in [3.05, 3.63) is 12.2 Å². The molecule has 86 valence electrons. The van der Waals surface area contributed by atoms with Crippen molar-refractivity contribution >= 4 is 11.6 Å². The van der Waals surface area contributed by atoms with Gasteiger partial charge < -0.3 is 0 Å². The molecule has 2 aliphatic carbocycles. The summed E-state index contributed by atoms with van der Waals surface area (Å²) in [4.78, 5) is 0. The first-order chi connectivity index (χ1) is 7.36. The summed E-state index contributed by atoms with van der Waals surface area (Å²) in [6.45, 7) is 0. The molecular formula is C14H23Cl. The molecule has 2 rings (SSSR count). The van der Waals surface area contributed by atoms with E-state index in [2.05, 4.69) is 12.2 Å². The van der Waals surface area contributed by atoms with E-state index in [1.165, 1.54) is 57.8 Å². The fraction of sp³-hybridized carbons (Fsp3) is 0.857. The van der Waals surface area contributed by atoms with Crippen molar-refractivity contribution in [1.29, 1.82) is 0 Å².